The molecule has 0 atom stereocenters. The van der Waals surface area contributed by atoms with Gasteiger partial charge in [0.2, 0.25) is 0 Å². The zero-order valence-electron chi connectivity index (χ0n) is 11.9. The summed E-state index contributed by atoms with van der Waals surface area (Å²) in [6.07, 6.45) is 1.79. The number of halogens is 1. The van der Waals surface area contributed by atoms with Gasteiger partial charge < -0.3 is 5.11 Å². The quantitative estimate of drug-likeness (QED) is 0.600. The molecule has 1 saturated heterocycles. The standard InChI is InChI=1S/C17H12BrNO2S2/c18-13-8-12(6-7-14(13)20)9-15-16(21)19(17(22)23-15)10-11-4-2-1-3-5-11/h1-9,20H,10H2/b15-9-. The van der Waals surface area contributed by atoms with Gasteiger partial charge in [0.15, 0.2) is 0 Å². The minimum absolute atomic E-state index is 0.0898. The van der Waals surface area contributed by atoms with Gasteiger partial charge in [-0.3, -0.25) is 9.69 Å². The van der Waals surface area contributed by atoms with E-state index in [9.17, 15) is 9.90 Å². The fraction of sp³-hybridized carbons (Fsp3) is 0.0588. The van der Waals surface area contributed by atoms with Crippen molar-refractivity contribution in [1.29, 1.82) is 0 Å². The van der Waals surface area contributed by atoms with Gasteiger partial charge in [-0.05, 0) is 45.3 Å². The Balaban J connectivity index is 1.83. The number of nitrogens with zero attached hydrogens (tertiary/aromatic N) is 1. The number of thiocarbonyl (C=S) groups is 1. The number of carbonyl (C=O) groups excluding carboxylic acids is 1. The van der Waals surface area contributed by atoms with E-state index in [-0.39, 0.29) is 11.7 Å². The van der Waals surface area contributed by atoms with E-state index in [1.54, 1.807) is 29.2 Å². The van der Waals surface area contributed by atoms with Crippen LogP contribution in [0.2, 0.25) is 0 Å². The molecule has 0 radical (unpaired) electrons. The Morgan fingerprint density at radius 3 is 2.65 bits per heavy atom. The van der Waals surface area contributed by atoms with Crippen molar-refractivity contribution < 1.29 is 9.90 Å². The zero-order chi connectivity index (χ0) is 16.4. The summed E-state index contributed by atoms with van der Waals surface area (Å²) in [5, 5.41) is 9.54. The second-order valence-electron chi connectivity index (χ2n) is 4.96. The van der Waals surface area contributed by atoms with E-state index < -0.39 is 0 Å². The molecule has 3 rings (SSSR count). The van der Waals surface area contributed by atoms with Gasteiger partial charge in [0.05, 0.1) is 15.9 Å². The van der Waals surface area contributed by atoms with Gasteiger partial charge in [-0.2, -0.15) is 0 Å². The molecule has 1 amide bonds. The largest absolute Gasteiger partial charge is 0.507 e. The molecule has 1 fully saturated rings. The van der Waals surface area contributed by atoms with Crippen LogP contribution in [0.4, 0.5) is 0 Å². The smallest absolute Gasteiger partial charge is 0.266 e. The number of carbonyl (C=O) groups is 1. The van der Waals surface area contributed by atoms with Crippen LogP contribution in [0.15, 0.2) is 57.9 Å². The second-order valence-corrected chi connectivity index (χ2v) is 7.49. The van der Waals surface area contributed by atoms with E-state index in [1.807, 2.05) is 30.3 Å². The van der Waals surface area contributed by atoms with Crippen molar-refractivity contribution in [2.24, 2.45) is 0 Å². The summed E-state index contributed by atoms with van der Waals surface area (Å²) in [7, 11) is 0. The molecule has 2 aromatic rings. The van der Waals surface area contributed by atoms with Crippen LogP contribution in [0, 0.1) is 0 Å². The molecule has 1 heterocycles. The highest BCUT2D eigenvalue weighted by molar-refractivity contribution is 9.10. The molecular weight excluding hydrogens is 394 g/mol. The SMILES string of the molecule is O=C1/C(=C/c2ccc(O)c(Br)c2)SC(=S)N1Cc1ccccc1. The Morgan fingerprint density at radius 2 is 1.96 bits per heavy atom. The Kier molecular flexibility index (Phi) is 4.84. The number of phenols is 1. The lowest BCUT2D eigenvalue weighted by Gasteiger charge is -2.14. The third kappa shape index (κ3) is 3.65. The first-order chi connectivity index (χ1) is 11.0. The molecule has 0 bridgehead atoms. The van der Waals surface area contributed by atoms with Crippen LogP contribution in [0.5, 0.6) is 5.75 Å². The Hall–Kier alpha value is -1.63. The molecule has 1 aliphatic heterocycles. The van der Waals surface area contributed by atoms with Gasteiger partial charge in [0, 0.05) is 0 Å². The molecule has 0 aromatic heterocycles. The van der Waals surface area contributed by atoms with E-state index in [4.69, 9.17) is 12.2 Å². The fourth-order valence-electron chi connectivity index (χ4n) is 2.17. The third-order valence-electron chi connectivity index (χ3n) is 3.33. The molecule has 0 spiro atoms. The Labute approximate surface area is 152 Å². The van der Waals surface area contributed by atoms with Crippen LogP contribution in [0.3, 0.4) is 0 Å². The van der Waals surface area contributed by atoms with Crippen molar-refractivity contribution in [2.75, 3.05) is 0 Å². The molecule has 116 valence electrons. The number of amides is 1. The first-order valence-electron chi connectivity index (χ1n) is 6.82. The Morgan fingerprint density at radius 1 is 1.22 bits per heavy atom. The van der Waals surface area contributed by atoms with Gasteiger partial charge in [-0.15, -0.1) is 0 Å². The summed E-state index contributed by atoms with van der Waals surface area (Å²) in [6.45, 7) is 0.474. The molecule has 2 aromatic carbocycles. The van der Waals surface area contributed by atoms with Crippen molar-refractivity contribution in [3.8, 4) is 5.75 Å². The van der Waals surface area contributed by atoms with Crippen LogP contribution < -0.4 is 0 Å². The highest BCUT2D eigenvalue weighted by Crippen LogP contribution is 2.34. The average Bonchev–Trinajstić information content (AvgIpc) is 2.80. The van der Waals surface area contributed by atoms with E-state index in [0.29, 0.717) is 20.2 Å². The number of hydrogen-bond acceptors (Lipinski definition) is 4. The number of benzene rings is 2. The molecule has 23 heavy (non-hydrogen) atoms. The van der Waals surface area contributed by atoms with Crippen LogP contribution in [-0.2, 0) is 11.3 Å². The normalized spacial score (nSPS) is 16.4. The third-order valence-corrected chi connectivity index (χ3v) is 5.34. The lowest BCUT2D eigenvalue weighted by atomic mass is 10.2. The van der Waals surface area contributed by atoms with Crippen molar-refractivity contribution in [3.05, 3.63) is 69.0 Å². The van der Waals surface area contributed by atoms with Crippen LogP contribution in [0.25, 0.3) is 6.08 Å². The average molecular weight is 406 g/mol. The predicted molar refractivity (Wildman–Crippen MR) is 101 cm³/mol. The molecule has 1 aliphatic rings. The summed E-state index contributed by atoms with van der Waals surface area (Å²) in [5.74, 6) is 0.0758. The lowest BCUT2D eigenvalue weighted by molar-refractivity contribution is -0.122. The predicted octanol–water partition coefficient (Wildman–Crippen LogP) is 4.56. The van der Waals surface area contributed by atoms with E-state index in [1.165, 1.54) is 11.8 Å². The molecule has 0 saturated carbocycles. The highest BCUT2D eigenvalue weighted by Gasteiger charge is 2.31. The number of aromatic hydroxyl groups is 1. The summed E-state index contributed by atoms with van der Waals surface area (Å²) in [5.41, 5.74) is 1.87. The molecule has 0 aliphatic carbocycles. The molecule has 6 heteroatoms. The summed E-state index contributed by atoms with van der Waals surface area (Å²) >= 11 is 9.90. The van der Waals surface area contributed by atoms with Crippen molar-refractivity contribution in [2.45, 2.75) is 6.54 Å². The van der Waals surface area contributed by atoms with Gasteiger partial charge in [0.1, 0.15) is 10.1 Å². The van der Waals surface area contributed by atoms with Gasteiger partial charge >= 0.3 is 0 Å². The minimum atomic E-state index is -0.0898. The monoisotopic (exact) mass is 405 g/mol. The zero-order valence-corrected chi connectivity index (χ0v) is 15.1. The van der Waals surface area contributed by atoms with Gasteiger partial charge in [-0.1, -0.05) is 60.4 Å². The number of rotatable bonds is 3. The molecule has 3 nitrogen and oxygen atoms in total. The molecular formula is C17H12BrNO2S2. The first-order valence-corrected chi connectivity index (χ1v) is 8.84. The second kappa shape index (κ2) is 6.86. The first kappa shape index (κ1) is 16.2. The van der Waals surface area contributed by atoms with Crippen molar-refractivity contribution in [1.82, 2.24) is 4.90 Å². The fourth-order valence-corrected chi connectivity index (χ4v) is 3.82. The summed E-state index contributed by atoms with van der Waals surface area (Å²) < 4.78 is 1.15. The maximum absolute atomic E-state index is 12.6. The van der Waals surface area contributed by atoms with Crippen LogP contribution >= 0.6 is 39.9 Å². The van der Waals surface area contributed by atoms with E-state index >= 15 is 0 Å². The van der Waals surface area contributed by atoms with Crippen LogP contribution in [0.1, 0.15) is 11.1 Å². The summed E-state index contributed by atoms with van der Waals surface area (Å²) in [4.78, 5) is 14.8. The number of hydrogen-bond donors (Lipinski definition) is 1. The van der Waals surface area contributed by atoms with Crippen molar-refractivity contribution >= 4 is 56.2 Å². The maximum Gasteiger partial charge on any atom is 0.266 e. The van der Waals surface area contributed by atoms with Crippen molar-refractivity contribution in [3.63, 3.8) is 0 Å². The number of thioether (sulfide) groups is 1. The topological polar surface area (TPSA) is 40.5 Å². The molecule has 0 unspecified atom stereocenters. The van der Waals surface area contributed by atoms with E-state index in [2.05, 4.69) is 15.9 Å². The highest BCUT2D eigenvalue weighted by atomic mass is 79.9. The maximum atomic E-state index is 12.6. The van der Waals surface area contributed by atoms with Crippen LogP contribution in [-0.4, -0.2) is 20.2 Å². The van der Waals surface area contributed by atoms with Gasteiger partial charge in [-0.25, -0.2) is 0 Å². The lowest BCUT2D eigenvalue weighted by Crippen LogP contribution is -2.27. The Bertz CT molecular complexity index is 805. The van der Waals surface area contributed by atoms with Gasteiger partial charge in [0.25, 0.3) is 5.91 Å². The summed E-state index contributed by atoms with van der Waals surface area (Å²) in [6, 6.07) is 14.9. The molecule has 1 N–H and O–H groups in total. The van der Waals surface area contributed by atoms with E-state index in [0.717, 1.165) is 11.1 Å². The number of phenolic OH excluding ortho intramolecular Hbond substituents is 1. The minimum Gasteiger partial charge on any atom is -0.507 e.